The first-order chi connectivity index (χ1) is 13.1. The molecule has 3 aromatic rings. The van der Waals surface area contributed by atoms with Crippen molar-refractivity contribution >= 4 is 28.3 Å². The minimum absolute atomic E-state index is 0.124. The summed E-state index contributed by atoms with van der Waals surface area (Å²) in [7, 11) is 0. The van der Waals surface area contributed by atoms with Crippen LogP contribution < -0.4 is 10.9 Å². The number of anilines is 1. The van der Waals surface area contributed by atoms with Crippen LogP contribution in [0.15, 0.2) is 52.6 Å². The van der Waals surface area contributed by atoms with Gasteiger partial charge in [0, 0.05) is 17.0 Å². The molecular weight excluding hydrogens is 368 g/mol. The third-order valence-corrected chi connectivity index (χ3v) is 4.22. The number of hydrogen-bond acceptors (Lipinski definition) is 7. The van der Waals surface area contributed by atoms with Crippen LogP contribution in [0, 0.1) is 0 Å². The van der Waals surface area contributed by atoms with Crippen LogP contribution in [0.2, 0.25) is 0 Å². The molecule has 0 unspecified atom stereocenters. The molecule has 0 saturated heterocycles. The van der Waals surface area contributed by atoms with E-state index in [1.165, 1.54) is 11.4 Å². The second kappa shape index (κ2) is 8.37. The van der Waals surface area contributed by atoms with Crippen molar-refractivity contribution in [1.82, 2.24) is 14.8 Å². The Balaban J connectivity index is 1.71. The summed E-state index contributed by atoms with van der Waals surface area (Å²) in [4.78, 5) is 39.8. The van der Waals surface area contributed by atoms with Crippen molar-refractivity contribution in [2.24, 2.45) is 0 Å². The fourth-order valence-electron chi connectivity index (χ4n) is 2.25. The van der Waals surface area contributed by atoms with Gasteiger partial charge in [-0.25, -0.2) is 14.5 Å². The molecule has 0 spiro atoms. The summed E-state index contributed by atoms with van der Waals surface area (Å²) in [5.41, 5.74) is 1.15. The number of amides is 1. The van der Waals surface area contributed by atoms with Crippen LogP contribution in [0.5, 0.6) is 0 Å². The molecule has 3 rings (SSSR count). The zero-order chi connectivity index (χ0) is 19.2. The van der Waals surface area contributed by atoms with Crippen molar-refractivity contribution in [1.29, 1.82) is 0 Å². The van der Waals surface area contributed by atoms with Crippen LogP contribution in [0.1, 0.15) is 17.4 Å². The van der Waals surface area contributed by atoms with Gasteiger partial charge in [-0.2, -0.15) is 5.10 Å². The van der Waals surface area contributed by atoms with E-state index in [9.17, 15) is 14.4 Å². The normalized spacial score (nSPS) is 10.4. The van der Waals surface area contributed by atoms with Gasteiger partial charge in [-0.15, -0.1) is 11.3 Å². The molecule has 8 nitrogen and oxygen atoms in total. The molecule has 1 N–H and O–H groups in total. The number of aromatic nitrogens is 3. The van der Waals surface area contributed by atoms with E-state index in [-0.39, 0.29) is 24.0 Å². The molecular formula is C18H16N4O4S. The SMILES string of the molecule is CCOC(=O)c1csc(NC(=O)Cn2nc(-c3ccccc3)ccc2=O)n1. The molecule has 138 valence electrons. The van der Waals surface area contributed by atoms with Crippen molar-refractivity contribution in [3.8, 4) is 11.3 Å². The molecule has 1 amide bonds. The highest BCUT2D eigenvalue weighted by molar-refractivity contribution is 7.14. The lowest BCUT2D eigenvalue weighted by Crippen LogP contribution is -2.29. The number of thiazole rings is 1. The number of rotatable bonds is 6. The standard InChI is InChI=1S/C18H16N4O4S/c1-2-26-17(25)14-11-27-18(19-14)20-15(23)10-22-16(24)9-8-13(21-22)12-6-4-3-5-7-12/h3-9,11H,2,10H2,1H3,(H,19,20,23). The number of ether oxygens (including phenoxy) is 1. The van der Waals surface area contributed by atoms with Gasteiger partial charge < -0.3 is 10.1 Å². The first kappa shape index (κ1) is 18.5. The molecule has 0 radical (unpaired) electrons. The minimum atomic E-state index is -0.553. The number of nitrogens with zero attached hydrogens (tertiary/aromatic N) is 3. The van der Waals surface area contributed by atoms with Gasteiger partial charge in [-0.1, -0.05) is 30.3 Å². The molecule has 0 aliphatic rings. The molecule has 0 fully saturated rings. The number of nitrogens with one attached hydrogen (secondary N) is 1. The molecule has 9 heteroatoms. The molecule has 0 bridgehead atoms. The van der Waals surface area contributed by atoms with Gasteiger partial charge in [0.1, 0.15) is 6.54 Å². The van der Waals surface area contributed by atoms with Gasteiger partial charge in [-0.3, -0.25) is 9.59 Å². The zero-order valence-corrected chi connectivity index (χ0v) is 15.2. The first-order valence-electron chi connectivity index (χ1n) is 8.13. The molecule has 27 heavy (non-hydrogen) atoms. The van der Waals surface area contributed by atoms with Crippen LogP contribution in [0.4, 0.5) is 5.13 Å². The largest absolute Gasteiger partial charge is 0.461 e. The molecule has 2 heterocycles. The Kier molecular flexibility index (Phi) is 5.72. The van der Waals surface area contributed by atoms with Crippen LogP contribution in [-0.4, -0.2) is 33.2 Å². The summed E-state index contributed by atoms with van der Waals surface area (Å²) in [6.07, 6.45) is 0. The fourth-order valence-corrected chi connectivity index (χ4v) is 2.95. The second-order valence-electron chi connectivity index (χ2n) is 5.39. The van der Waals surface area contributed by atoms with E-state index in [4.69, 9.17) is 4.74 Å². The van der Waals surface area contributed by atoms with Crippen LogP contribution in [0.3, 0.4) is 0 Å². The molecule has 0 aliphatic heterocycles. The third kappa shape index (κ3) is 4.64. The Morgan fingerprint density at radius 2 is 1.96 bits per heavy atom. The van der Waals surface area contributed by atoms with E-state index in [1.54, 1.807) is 13.0 Å². The van der Waals surface area contributed by atoms with Gasteiger partial charge in [-0.05, 0) is 13.0 Å². The maximum atomic E-state index is 12.2. The lowest BCUT2D eigenvalue weighted by molar-refractivity contribution is -0.117. The summed E-state index contributed by atoms with van der Waals surface area (Å²) in [6.45, 7) is 1.67. The Hall–Kier alpha value is -3.33. The van der Waals surface area contributed by atoms with Crippen LogP contribution in [-0.2, 0) is 16.1 Å². The van der Waals surface area contributed by atoms with Crippen molar-refractivity contribution in [2.75, 3.05) is 11.9 Å². The maximum absolute atomic E-state index is 12.2. The van der Waals surface area contributed by atoms with E-state index < -0.39 is 17.4 Å². The lowest BCUT2D eigenvalue weighted by Gasteiger charge is -2.07. The topological polar surface area (TPSA) is 103 Å². The number of carbonyl (C=O) groups is 2. The van der Waals surface area contributed by atoms with E-state index in [2.05, 4.69) is 15.4 Å². The van der Waals surface area contributed by atoms with Crippen molar-refractivity contribution in [2.45, 2.75) is 13.5 Å². The zero-order valence-electron chi connectivity index (χ0n) is 14.4. The summed E-state index contributed by atoms with van der Waals surface area (Å²) in [5, 5.41) is 8.53. The number of carbonyl (C=O) groups excluding carboxylic acids is 2. The number of benzene rings is 1. The Morgan fingerprint density at radius 3 is 2.70 bits per heavy atom. The predicted molar refractivity (Wildman–Crippen MR) is 101 cm³/mol. The second-order valence-corrected chi connectivity index (χ2v) is 6.25. The van der Waals surface area contributed by atoms with Gasteiger partial charge in [0.2, 0.25) is 5.91 Å². The fraction of sp³-hybridized carbons (Fsp3) is 0.167. The van der Waals surface area contributed by atoms with Crippen molar-refractivity contribution in [3.05, 3.63) is 63.9 Å². The van der Waals surface area contributed by atoms with E-state index >= 15 is 0 Å². The van der Waals surface area contributed by atoms with E-state index in [0.29, 0.717) is 5.69 Å². The van der Waals surface area contributed by atoms with Crippen molar-refractivity contribution < 1.29 is 14.3 Å². The van der Waals surface area contributed by atoms with Gasteiger partial charge >= 0.3 is 5.97 Å². The van der Waals surface area contributed by atoms with Crippen molar-refractivity contribution in [3.63, 3.8) is 0 Å². The van der Waals surface area contributed by atoms with E-state index in [1.807, 2.05) is 30.3 Å². The maximum Gasteiger partial charge on any atom is 0.357 e. The average molecular weight is 384 g/mol. The number of esters is 1. The summed E-state index contributed by atoms with van der Waals surface area (Å²) >= 11 is 1.10. The van der Waals surface area contributed by atoms with E-state index in [0.717, 1.165) is 21.6 Å². The third-order valence-electron chi connectivity index (χ3n) is 3.46. The van der Waals surface area contributed by atoms with Gasteiger partial charge in [0.05, 0.1) is 12.3 Å². The average Bonchev–Trinajstić information content (AvgIpc) is 3.13. The first-order valence-corrected chi connectivity index (χ1v) is 9.01. The van der Waals surface area contributed by atoms with Gasteiger partial charge in [0.25, 0.3) is 5.56 Å². The number of hydrogen-bond donors (Lipinski definition) is 1. The molecule has 1 aromatic carbocycles. The highest BCUT2D eigenvalue weighted by Crippen LogP contribution is 2.16. The van der Waals surface area contributed by atoms with Crippen LogP contribution >= 0.6 is 11.3 Å². The van der Waals surface area contributed by atoms with Gasteiger partial charge in [0.15, 0.2) is 10.8 Å². The summed E-state index contributed by atoms with van der Waals surface area (Å²) in [6, 6.07) is 12.3. The smallest absolute Gasteiger partial charge is 0.357 e. The highest BCUT2D eigenvalue weighted by atomic mass is 32.1. The molecule has 0 saturated carbocycles. The Morgan fingerprint density at radius 1 is 1.19 bits per heavy atom. The Bertz CT molecular complexity index is 1010. The molecule has 0 aliphatic carbocycles. The Labute approximate surface area is 158 Å². The summed E-state index contributed by atoms with van der Waals surface area (Å²) < 4.78 is 5.93. The van der Waals surface area contributed by atoms with Crippen LogP contribution in [0.25, 0.3) is 11.3 Å². The quantitative estimate of drug-likeness (QED) is 0.654. The monoisotopic (exact) mass is 384 g/mol. The molecule has 0 atom stereocenters. The summed E-state index contributed by atoms with van der Waals surface area (Å²) in [5.74, 6) is -1.03. The minimum Gasteiger partial charge on any atom is -0.461 e. The predicted octanol–water partition coefficient (Wildman–Crippen LogP) is 2.18. The lowest BCUT2D eigenvalue weighted by atomic mass is 10.1. The molecule has 2 aromatic heterocycles. The highest BCUT2D eigenvalue weighted by Gasteiger charge is 2.14.